The molecule has 0 fully saturated rings. The van der Waals surface area contributed by atoms with Crippen LogP contribution in [0.1, 0.15) is 21.5 Å². The fourth-order valence-electron chi connectivity index (χ4n) is 2.37. The van der Waals surface area contributed by atoms with E-state index in [-0.39, 0.29) is 35.0 Å². The standard InChI is InChI=1S/C19H18O7/c1-25-16-9-12(3-5-14(16)20)8-15(21)13-7-11(4-6-18(22)23)10-17(26-2)19(13)24/h3-7,9-10,20,24H,8H2,1-2H3,(H,22,23). The van der Waals surface area contributed by atoms with Gasteiger partial charge in [-0.1, -0.05) is 6.07 Å². The molecule has 0 bridgehead atoms. The third kappa shape index (κ3) is 4.32. The number of phenolic OH excluding ortho intramolecular Hbond substituents is 2. The zero-order chi connectivity index (χ0) is 19.3. The summed E-state index contributed by atoms with van der Waals surface area (Å²) in [6.45, 7) is 0. The second-order valence-electron chi connectivity index (χ2n) is 5.40. The van der Waals surface area contributed by atoms with Crippen molar-refractivity contribution in [3.05, 3.63) is 53.1 Å². The lowest BCUT2D eigenvalue weighted by molar-refractivity contribution is -0.131. The molecule has 0 spiro atoms. The van der Waals surface area contributed by atoms with E-state index in [9.17, 15) is 19.8 Å². The van der Waals surface area contributed by atoms with E-state index < -0.39 is 11.8 Å². The highest BCUT2D eigenvalue weighted by molar-refractivity contribution is 6.01. The minimum absolute atomic E-state index is 0.00132. The number of hydrogen-bond donors (Lipinski definition) is 3. The summed E-state index contributed by atoms with van der Waals surface area (Å²) in [4.78, 5) is 23.3. The number of Topliss-reactive ketones (excluding diaryl/α,β-unsaturated/α-hetero) is 1. The monoisotopic (exact) mass is 358 g/mol. The van der Waals surface area contributed by atoms with Crippen LogP contribution in [0, 0.1) is 0 Å². The topological polar surface area (TPSA) is 113 Å². The summed E-state index contributed by atoms with van der Waals surface area (Å²) in [6.07, 6.45) is 2.16. The second kappa shape index (κ2) is 8.06. The Morgan fingerprint density at radius 1 is 1.04 bits per heavy atom. The predicted octanol–water partition coefficient (Wildman–Crippen LogP) is 2.64. The largest absolute Gasteiger partial charge is 0.504 e. The molecule has 2 aromatic rings. The maximum Gasteiger partial charge on any atom is 0.328 e. The normalized spacial score (nSPS) is 10.7. The van der Waals surface area contributed by atoms with Gasteiger partial charge >= 0.3 is 5.97 Å². The minimum Gasteiger partial charge on any atom is -0.504 e. The van der Waals surface area contributed by atoms with Crippen molar-refractivity contribution in [2.75, 3.05) is 14.2 Å². The first-order chi connectivity index (χ1) is 12.3. The molecule has 26 heavy (non-hydrogen) atoms. The molecule has 0 heterocycles. The Morgan fingerprint density at radius 3 is 2.35 bits per heavy atom. The average Bonchev–Trinajstić information content (AvgIpc) is 2.62. The first kappa shape index (κ1) is 18.9. The van der Waals surface area contributed by atoms with Gasteiger partial charge in [-0.3, -0.25) is 4.79 Å². The zero-order valence-corrected chi connectivity index (χ0v) is 14.2. The van der Waals surface area contributed by atoms with Crippen LogP contribution in [0.15, 0.2) is 36.4 Å². The Labute approximate surface area is 149 Å². The number of hydrogen-bond acceptors (Lipinski definition) is 6. The molecule has 2 aromatic carbocycles. The van der Waals surface area contributed by atoms with Gasteiger partial charge in [-0.25, -0.2) is 4.79 Å². The molecule has 0 unspecified atom stereocenters. The van der Waals surface area contributed by atoms with Gasteiger partial charge < -0.3 is 24.8 Å². The Hall–Kier alpha value is -3.48. The van der Waals surface area contributed by atoms with Crippen molar-refractivity contribution in [3.63, 3.8) is 0 Å². The number of ether oxygens (including phenoxy) is 2. The van der Waals surface area contributed by atoms with E-state index in [2.05, 4.69) is 0 Å². The second-order valence-corrected chi connectivity index (χ2v) is 5.40. The molecule has 0 saturated heterocycles. The molecule has 0 aliphatic heterocycles. The number of methoxy groups -OCH3 is 2. The van der Waals surface area contributed by atoms with E-state index in [0.29, 0.717) is 11.1 Å². The van der Waals surface area contributed by atoms with Crippen molar-refractivity contribution in [1.82, 2.24) is 0 Å². The van der Waals surface area contributed by atoms with Gasteiger partial charge in [-0.2, -0.15) is 0 Å². The van der Waals surface area contributed by atoms with Crippen LogP contribution in [0.2, 0.25) is 0 Å². The number of aromatic hydroxyl groups is 2. The average molecular weight is 358 g/mol. The van der Waals surface area contributed by atoms with Crippen LogP contribution in [0.5, 0.6) is 23.0 Å². The number of benzene rings is 2. The molecule has 3 N–H and O–H groups in total. The van der Waals surface area contributed by atoms with E-state index in [1.807, 2.05) is 0 Å². The van der Waals surface area contributed by atoms with E-state index in [4.69, 9.17) is 14.6 Å². The maximum absolute atomic E-state index is 12.6. The molecule has 136 valence electrons. The van der Waals surface area contributed by atoms with Crippen LogP contribution in [-0.2, 0) is 11.2 Å². The lowest BCUT2D eigenvalue weighted by Crippen LogP contribution is -2.05. The molecule has 7 nitrogen and oxygen atoms in total. The molecular formula is C19H18O7. The Kier molecular flexibility index (Phi) is 5.85. The van der Waals surface area contributed by atoms with Crippen molar-refractivity contribution in [3.8, 4) is 23.0 Å². The Balaban J connectivity index is 2.38. The van der Waals surface area contributed by atoms with Crippen LogP contribution >= 0.6 is 0 Å². The lowest BCUT2D eigenvalue weighted by Gasteiger charge is -2.11. The summed E-state index contributed by atoms with van der Waals surface area (Å²) in [5.41, 5.74) is 0.976. The fraction of sp³-hybridized carbons (Fsp3) is 0.158. The number of ketones is 1. The van der Waals surface area contributed by atoms with Gasteiger partial charge in [0, 0.05) is 12.5 Å². The van der Waals surface area contributed by atoms with Crippen LogP contribution < -0.4 is 9.47 Å². The molecule has 0 atom stereocenters. The quantitative estimate of drug-likeness (QED) is 0.515. The molecule has 0 saturated carbocycles. The van der Waals surface area contributed by atoms with E-state index >= 15 is 0 Å². The van der Waals surface area contributed by atoms with Crippen LogP contribution in [0.4, 0.5) is 0 Å². The third-order valence-electron chi connectivity index (χ3n) is 3.64. The number of rotatable bonds is 7. The van der Waals surface area contributed by atoms with E-state index in [1.54, 1.807) is 6.07 Å². The minimum atomic E-state index is -1.14. The van der Waals surface area contributed by atoms with Crippen molar-refractivity contribution in [2.24, 2.45) is 0 Å². The van der Waals surface area contributed by atoms with Gasteiger partial charge in [0.2, 0.25) is 0 Å². The predicted molar refractivity (Wildman–Crippen MR) is 94.0 cm³/mol. The van der Waals surface area contributed by atoms with Gasteiger partial charge in [-0.15, -0.1) is 0 Å². The molecule has 0 aromatic heterocycles. The summed E-state index contributed by atoms with van der Waals surface area (Å²) in [5, 5.41) is 28.6. The number of carboxylic acid groups (broad SMARTS) is 1. The van der Waals surface area contributed by atoms with Crippen LogP contribution in [0.25, 0.3) is 6.08 Å². The number of aliphatic carboxylic acids is 1. The molecular weight excluding hydrogens is 340 g/mol. The third-order valence-corrected chi connectivity index (χ3v) is 3.64. The van der Waals surface area contributed by atoms with Crippen molar-refractivity contribution < 1.29 is 34.4 Å². The van der Waals surface area contributed by atoms with E-state index in [1.165, 1.54) is 44.6 Å². The molecule has 0 aliphatic carbocycles. The lowest BCUT2D eigenvalue weighted by atomic mass is 9.99. The van der Waals surface area contributed by atoms with Crippen LogP contribution in [0.3, 0.4) is 0 Å². The van der Waals surface area contributed by atoms with E-state index in [0.717, 1.165) is 6.08 Å². The number of carbonyl (C=O) groups excluding carboxylic acids is 1. The summed E-state index contributed by atoms with van der Waals surface area (Å²) in [5.74, 6) is -1.62. The van der Waals surface area contributed by atoms with Crippen molar-refractivity contribution in [1.29, 1.82) is 0 Å². The molecule has 0 aliphatic rings. The summed E-state index contributed by atoms with van der Waals surface area (Å²) < 4.78 is 10.1. The van der Waals surface area contributed by atoms with Gasteiger partial charge in [0.25, 0.3) is 0 Å². The highest BCUT2D eigenvalue weighted by Crippen LogP contribution is 2.33. The van der Waals surface area contributed by atoms with Crippen molar-refractivity contribution in [2.45, 2.75) is 6.42 Å². The number of phenols is 2. The molecule has 2 rings (SSSR count). The van der Waals surface area contributed by atoms with Gasteiger partial charge in [-0.05, 0) is 41.5 Å². The van der Waals surface area contributed by atoms with Gasteiger partial charge in [0.15, 0.2) is 28.8 Å². The van der Waals surface area contributed by atoms with Crippen molar-refractivity contribution >= 4 is 17.8 Å². The first-order valence-corrected chi connectivity index (χ1v) is 7.56. The highest BCUT2D eigenvalue weighted by atomic mass is 16.5. The smallest absolute Gasteiger partial charge is 0.328 e. The summed E-state index contributed by atoms with van der Waals surface area (Å²) in [6, 6.07) is 7.31. The Bertz CT molecular complexity index is 868. The fourth-order valence-corrected chi connectivity index (χ4v) is 2.37. The van der Waals surface area contributed by atoms with Gasteiger partial charge in [0.05, 0.1) is 19.8 Å². The maximum atomic E-state index is 12.6. The molecule has 0 amide bonds. The highest BCUT2D eigenvalue weighted by Gasteiger charge is 2.18. The first-order valence-electron chi connectivity index (χ1n) is 7.56. The zero-order valence-electron chi connectivity index (χ0n) is 14.2. The SMILES string of the molecule is COc1cc(CC(=O)c2cc(C=CC(=O)O)cc(OC)c2O)ccc1O. The Morgan fingerprint density at radius 2 is 1.73 bits per heavy atom. The number of carboxylic acids is 1. The molecule has 0 radical (unpaired) electrons. The van der Waals surface area contributed by atoms with Gasteiger partial charge in [0.1, 0.15) is 0 Å². The molecule has 7 heteroatoms. The van der Waals surface area contributed by atoms with Crippen LogP contribution in [-0.4, -0.2) is 41.3 Å². The number of carbonyl (C=O) groups is 2. The summed E-state index contributed by atoms with van der Waals surface area (Å²) in [7, 11) is 2.73. The summed E-state index contributed by atoms with van der Waals surface area (Å²) >= 11 is 0.